The summed E-state index contributed by atoms with van der Waals surface area (Å²) in [4.78, 5) is 24.1. The fourth-order valence-corrected chi connectivity index (χ4v) is 3.76. The van der Waals surface area contributed by atoms with Crippen molar-refractivity contribution in [2.24, 2.45) is 0 Å². The average molecular weight is 485 g/mol. The molecule has 0 unspecified atom stereocenters. The molecule has 0 heterocycles. The van der Waals surface area contributed by atoms with Crippen molar-refractivity contribution in [1.29, 1.82) is 5.26 Å². The van der Waals surface area contributed by atoms with Gasteiger partial charge < -0.3 is 4.74 Å². The van der Waals surface area contributed by atoms with Gasteiger partial charge in [0.05, 0.1) is 10.5 Å². The van der Waals surface area contributed by atoms with E-state index in [9.17, 15) is 18.0 Å². The molecule has 0 saturated heterocycles. The zero-order chi connectivity index (χ0) is 23.8. The van der Waals surface area contributed by atoms with Gasteiger partial charge in [0.25, 0.3) is 21.8 Å². The van der Waals surface area contributed by atoms with E-state index in [1.54, 1.807) is 36.4 Å². The molecular formula is C22H17ClN4O5S. The quantitative estimate of drug-likeness (QED) is 0.441. The highest BCUT2D eigenvalue weighted by molar-refractivity contribution is 7.92. The SMILES string of the molecule is N#Cc1ccccc1OCC(=O)NNC(=O)c1ccc(S(=O)(=O)Nc2ccc(Cl)cc2)cc1. The molecule has 0 spiro atoms. The van der Waals surface area contributed by atoms with Crippen LogP contribution in [0.4, 0.5) is 5.69 Å². The zero-order valence-corrected chi connectivity index (χ0v) is 18.5. The summed E-state index contributed by atoms with van der Waals surface area (Å²) in [6.07, 6.45) is 0. The first-order chi connectivity index (χ1) is 15.8. The highest BCUT2D eigenvalue weighted by Crippen LogP contribution is 2.19. The Labute approximate surface area is 195 Å². The van der Waals surface area contributed by atoms with E-state index in [0.717, 1.165) is 0 Å². The van der Waals surface area contributed by atoms with Gasteiger partial charge in [-0.1, -0.05) is 23.7 Å². The van der Waals surface area contributed by atoms with Gasteiger partial charge in [-0.2, -0.15) is 5.26 Å². The molecule has 2 amide bonds. The smallest absolute Gasteiger partial charge is 0.276 e. The van der Waals surface area contributed by atoms with Crippen LogP contribution in [0.2, 0.25) is 5.02 Å². The summed E-state index contributed by atoms with van der Waals surface area (Å²) in [5.74, 6) is -1.07. The number of hydrogen-bond acceptors (Lipinski definition) is 6. The standard InChI is InChI=1S/C22H17ClN4O5S/c23-17-7-9-18(10-8-17)27-33(30,31)19-11-5-15(6-12-19)22(29)26-25-21(28)14-32-20-4-2-1-3-16(20)13-24/h1-12,27H,14H2,(H,25,28)(H,26,29). The number of para-hydroxylation sites is 1. The Kier molecular flexibility index (Phi) is 7.50. The van der Waals surface area contributed by atoms with Crippen LogP contribution in [-0.2, 0) is 14.8 Å². The summed E-state index contributed by atoms with van der Waals surface area (Å²) in [5.41, 5.74) is 5.12. The van der Waals surface area contributed by atoms with Crippen molar-refractivity contribution in [2.45, 2.75) is 4.90 Å². The summed E-state index contributed by atoms with van der Waals surface area (Å²) in [6.45, 7) is -0.424. The second-order valence-corrected chi connectivity index (χ2v) is 8.65. The Balaban J connectivity index is 1.54. The molecule has 33 heavy (non-hydrogen) atoms. The zero-order valence-electron chi connectivity index (χ0n) is 16.9. The molecule has 0 saturated carbocycles. The largest absolute Gasteiger partial charge is 0.482 e. The number of ether oxygens (including phenoxy) is 1. The number of nitrogens with zero attached hydrogens (tertiary/aromatic N) is 1. The Morgan fingerprint density at radius 1 is 0.939 bits per heavy atom. The number of carbonyl (C=O) groups is 2. The topological polar surface area (TPSA) is 137 Å². The fourth-order valence-electron chi connectivity index (χ4n) is 2.58. The molecule has 3 rings (SSSR count). The maximum atomic E-state index is 12.5. The first-order valence-corrected chi connectivity index (χ1v) is 11.2. The molecule has 0 atom stereocenters. The summed E-state index contributed by atoms with van der Waals surface area (Å²) in [5, 5.41) is 9.48. The van der Waals surface area contributed by atoms with Crippen LogP contribution < -0.4 is 20.3 Å². The van der Waals surface area contributed by atoms with Crippen molar-refractivity contribution in [3.05, 3.63) is 88.9 Å². The number of anilines is 1. The minimum Gasteiger partial charge on any atom is -0.482 e. The molecule has 168 valence electrons. The predicted molar refractivity (Wildman–Crippen MR) is 121 cm³/mol. The Hall–Kier alpha value is -4.07. The second-order valence-electron chi connectivity index (χ2n) is 6.54. The second kappa shape index (κ2) is 10.5. The maximum absolute atomic E-state index is 12.5. The number of nitriles is 1. The van der Waals surface area contributed by atoms with Crippen LogP contribution >= 0.6 is 11.6 Å². The lowest BCUT2D eigenvalue weighted by Gasteiger charge is -2.10. The van der Waals surface area contributed by atoms with Crippen LogP contribution in [0.25, 0.3) is 0 Å². The molecule has 9 nitrogen and oxygen atoms in total. The van der Waals surface area contributed by atoms with E-state index >= 15 is 0 Å². The highest BCUT2D eigenvalue weighted by atomic mass is 35.5. The third kappa shape index (κ3) is 6.46. The molecule has 0 aliphatic carbocycles. The van der Waals surface area contributed by atoms with E-state index in [-0.39, 0.29) is 21.8 Å². The van der Waals surface area contributed by atoms with E-state index in [2.05, 4.69) is 15.6 Å². The summed E-state index contributed by atoms with van der Waals surface area (Å²) in [7, 11) is -3.87. The van der Waals surface area contributed by atoms with Crippen molar-refractivity contribution in [1.82, 2.24) is 10.9 Å². The lowest BCUT2D eigenvalue weighted by Crippen LogP contribution is -2.43. The van der Waals surface area contributed by atoms with Crippen LogP contribution in [0.5, 0.6) is 5.75 Å². The van der Waals surface area contributed by atoms with Crippen molar-refractivity contribution in [3.8, 4) is 11.8 Å². The molecule has 3 aromatic rings. The lowest BCUT2D eigenvalue weighted by molar-refractivity contribution is -0.123. The summed E-state index contributed by atoms with van der Waals surface area (Å²) >= 11 is 5.79. The number of hydrazine groups is 1. The average Bonchev–Trinajstić information content (AvgIpc) is 2.82. The number of benzene rings is 3. The van der Waals surface area contributed by atoms with Crippen molar-refractivity contribution >= 4 is 39.1 Å². The number of carbonyl (C=O) groups excluding carboxylic acids is 2. The molecule has 0 fully saturated rings. The first-order valence-electron chi connectivity index (χ1n) is 9.38. The van der Waals surface area contributed by atoms with Crippen molar-refractivity contribution in [3.63, 3.8) is 0 Å². The fraction of sp³-hybridized carbons (Fsp3) is 0.0455. The number of nitrogens with one attached hydrogen (secondary N) is 3. The molecule has 0 aromatic heterocycles. The first kappa shape index (κ1) is 23.6. The van der Waals surface area contributed by atoms with Gasteiger partial charge in [0.15, 0.2) is 6.61 Å². The van der Waals surface area contributed by atoms with Gasteiger partial charge in [-0.15, -0.1) is 0 Å². The van der Waals surface area contributed by atoms with Crippen molar-refractivity contribution in [2.75, 3.05) is 11.3 Å². The number of hydrogen-bond donors (Lipinski definition) is 3. The van der Waals surface area contributed by atoms with Crippen molar-refractivity contribution < 1.29 is 22.7 Å². The Bertz CT molecular complexity index is 1300. The Morgan fingerprint density at radius 3 is 2.27 bits per heavy atom. The number of amides is 2. The summed E-state index contributed by atoms with van der Waals surface area (Å²) in [6, 6.07) is 19.6. The van der Waals surface area contributed by atoms with Crippen LogP contribution in [0.1, 0.15) is 15.9 Å². The Morgan fingerprint density at radius 2 is 1.61 bits per heavy atom. The van der Waals surface area contributed by atoms with E-state index in [0.29, 0.717) is 10.7 Å². The molecule has 3 aromatic carbocycles. The van der Waals surface area contributed by atoms with Crippen LogP contribution in [0.15, 0.2) is 77.7 Å². The monoisotopic (exact) mass is 484 g/mol. The van der Waals surface area contributed by atoms with E-state index in [1.807, 2.05) is 6.07 Å². The van der Waals surface area contributed by atoms with Gasteiger partial charge in [0.1, 0.15) is 11.8 Å². The molecular weight excluding hydrogens is 468 g/mol. The normalized spacial score (nSPS) is 10.5. The molecule has 0 bridgehead atoms. The van der Waals surface area contributed by atoms with E-state index in [1.165, 1.54) is 36.4 Å². The summed E-state index contributed by atoms with van der Waals surface area (Å²) < 4.78 is 32.6. The van der Waals surface area contributed by atoms with Gasteiger partial charge in [0.2, 0.25) is 0 Å². The van der Waals surface area contributed by atoms with Gasteiger partial charge in [-0.05, 0) is 60.7 Å². The van der Waals surface area contributed by atoms with E-state index < -0.39 is 28.4 Å². The number of rotatable bonds is 7. The minimum atomic E-state index is -3.87. The minimum absolute atomic E-state index is 0.0532. The van der Waals surface area contributed by atoms with Gasteiger partial charge >= 0.3 is 0 Å². The third-order valence-corrected chi connectivity index (χ3v) is 5.85. The number of halogens is 1. The third-order valence-electron chi connectivity index (χ3n) is 4.20. The molecule has 0 aliphatic rings. The molecule has 0 aliphatic heterocycles. The van der Waals surface area contributed by atoms with Crippen LogP contribution in [-0.4, -0.2) is 26.8 Å². The lowest BCUT2D eigenvalue weighted by atomic mass is 10.2. The van der Waals surface area contributed by atoms with Crippen LogP contribution in [0, 0.1) is 11.3 Å². The highest BCUT2D eigenvalue weighted by Gasteiger charge is 2.16. The van der Waals surface area contributed by atoms with Gasteiger partial charge in [-0.3, -0.25) is 25.2 Å². The van der Waals surface area contributed by atoms with Gasteiger partial charge in [0, 0.05) is 16.3 Å². The molecule has 0 radical (unpaired) electrons. The van der Waals surface area contributed by atoms with E-state index in [4.69, 9.17) is 21.6 Å². The predicted octanol–water partition coefficient (Wildman–Crippen LogP) is 2.85. The molecule has 3 N–H and O–H groups in total. The maximum Gasteiger partial charge on any atom is 0.276 e. The van der Waals surface area contributed by atoms with Gasteiger partial charge in [-0.25, -0.2) is 8.42 Å². The number of sulfonamides is 1. The van der Waals surface area contributed by atoms with Crippen LogP contribution in [0.3, 0.4) is 0 Å². The molecule has 11 heteroatoms.